The highest BCUT2D eigenvalue weighted by molar-refractivity contribution is 5.09. The number of allylic oxidation sites excluding steroid dienone is 2. The lowest BCUT2D eigenvalue weighted by Gasteiger charge is -2.09. The standard InChI is InChI=1S/C38H76/c1-35(2)31-27-23-19-15-11-9-7-8-10-12-17-21-25-29-33-37(5)38(6)34-30-26-22-18-14-13-16-20-24-28-32-36(3)4/h35-36H,7-34H2,1-6H3. The Balaban J connectivity index is 3.36. The minimum Gasteiger partial charge on any atom is -0.0744 e. The average Bonchev–Trinajstić information content (AvgIpc) is 2.88. The van der Waals surface area contributed by atoms with Gasteiger partial charge >= 0.3 is 0 Å². The van der Waals surface area contributed by atoms with Crippen molar-refractivity contribution >= 4 is 0 Å². The van der Waals surface area contributed by atoms with Crippen LogP contribution in [-0.4, -0.2) is 0 Å². The summed E-state index contributed by atoms with van der Waals surface area (Å²) in [6, 6.07) is 0. The van der Waals surface area contributed by atoms with Gasteiger partial charge in [0.25, 0.3) is 0 Å². The van der Waals surface area contributed by atoms with Crippen LogP contribution in [0.3, 0.4) is 0 Å². The molecular formula is C38H76. The monoisotopic (exact) mass is 533 g/mol. The van der Waals surface area contributed by atoms with Gasteiger partial charge < -0.3 is 0 Å². The summed E-state index contributed by atoms with van der Waals surface area (Å²) in [5.74, 6) is 1.78. The first-order chi connectivity index (χ1) is 18.4. The van der Waals surface area contributed by atoms with Crippen LogP contribution in [0, 0.1) is 11.8 Å². The Bertz CT molecular complexity index is 482. The third-order valence-electron chi connectivity index (χ3n) is 8.90. The molecule has 0 saturated carbocycles. The van der Waals surface area contributed by atoms with Crippen LogP contribution in [0.4, 0.5) is 0 Å². The molecule has 0 aromatic heterocycles. The van der Waals surface area contributed by atoms with Gasteiger partial charge in [0.1, 0.15) is 0 Å². The normalized spacial score (nSPS) is 12.6. The highest BCUT2D eigenvalue weighted by Crippen LogP contribution is 2.20. The molecule has 0 nitrogen and oxygen atoms in total. The summed E-state index contributed by atoms with van der Waals surface area (Å²) in [5.41, 5.74) is 3.39. The molecule has 0 spiro atoms. The highest BCUT2D eigenvalue weighted by atomic mass is 14.1. The van der Waals surface area contributed by atoms with E-state index in [2.05, 4.69) is 41.5 Å². The van der Waals surface area contributed by atoms with Crippen molar-refractivity contribution in [3.8, 4) is 0 Å². The number of hydrogen-bond donors (Lipinski definition) is 0. The van der Waals surface area contributed by atoms with Gasteiger partial charge in [-0.15, -0.1) is 0 Å². The zero-order chi connectivity index (χ0) is 28.1. The Morgan fingerprint density at radius 2 is 0.474 bits per heavy atom. The topological polar surface area (TPSA) is 0 Å². The van der Waals surface area contributed by atoms with Crippen LogP contribution in [0.5, 0.6) is 0 Å². The number of rotatable bonds is 30. The molecule has 0 saturated heterocycles. The van der Waals surface area contributed by atoms with Crippen LogP contribution in [0.25, 0.3) is 0 Å². The molecule has 0 fully saturated rings. The molecule has 228 valence electrons. The van der Waals surface area contributed by atoms with Gasteiger partial charge in [0, 0.05) is 0 Å². The van der Waals surface area contributed by atoms with Crippen LogP contribution < -0.4 is 0 Å². The smallest absolute Gasteiger partial charge is 0.0320 e. The van der Waals surface area contributed by atoms with Crippen LogP contribution in [0.2, 0.25) is 0 Å². The minimum absolute atomic E-state index is 0.889. The molecule has 0 aliphatic rings. The molecule has 0 aliphatic heterocycles. The van der Waals surface area contributed by atoms with E-state index < -0.39 is 0 Å². The fourth-order valence-electron chi connectivity index (χ4n) is 5.85. The van der Waals surface area contributed by atoms with E-state index in [0.717, 1.165) is 11.8 Å². The minimum atomic E-state index is 0.889. The van der Waals surface area contributed by atoms with Crippen LogP contribution in [-0.2, 0) is 0 Å². The molecule has 0 heterocycles. The fraction of sp³-hybridized carbons (Fsp3) is 0.947. The van der Waals surface area contributed by atoms with Crippen molar-refractivity contribution in [3.63, 3.8) is 0 Å². The van der Waals surface area contributed by atoms with E-state index in [9.17, 15) is 0 Å². The van der Waals surface area contributed by atoms with Gasteiger partial charge in [0.15, 0.2) is 0 Å². The van der Waals surface area contributed by atoms with E-state index >= 15 is 0 Å². The lowest BCUT2D eigenvalue weighted by Crippen LogP contribution is -1.89. The second-order valence-electron chi connectivity index (χ2n) is 13.9. The molecule has 0 aromatic rings. The SMILES string of the molecule is CC(CCCCCCCCCCCCCCCCC(C)C)=C(C)CCCCCCCCCCCCC(C)C. The van der Waals surface area contributed by atoms with E-state index in [4.69, 9.17) is 0 Å². The largest absolute Gasteiger partial charge is 0.0744 e. The molecule has 0 heteroatoms. The predicted octanol–water partition coefficient (Wildman–Crippen LogP) is 14.6. The molecule has 0 aliphatic carbocycles. The summed E-state index contributed by atoms with van der Waals surface area (Å²) in [7, 11) is 0. The van der Waals surface area contributed by atoms with E-state index in [1.54, 1.807) is 11.1 Å². The first-order valence-corrected chi connectivity index (χ1v) is 18.1. The van der Waals surface area contributed by atoms with Crippen molar-refractivity contribution in [2.24, 2.45) is 11.8 Å². The first kappa shape index (κ1) is 37.7. The van der Waals surface area contributed by atoms with Crippen molar-refractivity contribution in [2.45, 2.75) is 221 Å². The van der Waals surface area contributed by atoms with Gasteiger partial charge in [0.05, 0.1) is 0 Å². The predicted molar refractivity (Wildman–Crippen MR) is 177 cm³/mol. The third-order valence-corrected chi connectivity index (χ3v) is 8.90. The van der Waals surface area contributed by atoms with Gasteiger partial charge in [-0.3, -0.25) is 0 Å². The Morgan fingerprint density at radius 1 is 0.289 bits per heavy atom. The molecule has 0 atom stereocenters. The fourth-order valence-corrected chi connectivity index (χ4v) is 5.85. The lowest BCUT2D eigenvalue weighted by molar-refractivity contribution is 0.502. The second kappa shape index (κ2) is 29.7. The molecular weight excluding hydrogens is 456 g/mol. The molecule has 0 rings (SSSR count). The van der Waals surface area contributed by atoms with Crippen LogP contribution >= 0.6 is 0 Å². The molecule has 38 heavy (non-hydrogen) atoms. The van der Waals surface area contributed by atoms with E-state index in [1.165, 1.54) is 180 Å². The summed E-state index contributed by atoms with van der Waals surface area (Å²) in [6.07, 6.45) is 40.6. The highest BCUT2D eigenvalue weighted by Gasteiger charge is 2.01. The lowest BCUT2D eigenvalue weighted by atomic mass is 9.98. The summed E-state index contributed by atoms with van der Waals surface area (Å²) < 4.78 is 0. The van der Waals surface area contributed by atoms with Crippen molar-refractivity contribution in [2.75, 3.05) is 0 Å². The molecule has 0 radical (unpaired) electrons. The van der Waals surface area contributed by atoms with Gasteiger partial charge in [0.2, 0.25) is 0 Å². The third kappa shape index (κ3) is 30.3. The van der Waals surface area contributed by atoms with Crippen LogP contribution in [0.1, 0.15) is 221 Å². The molecule has 0 unspecified atom stereocenters. The van der Waals surface area contributed by atoms with Crippen molar-refractivity contribution in [3.05, 3.63) is 11.1 Å². The van der Waals surface area contributed by atoms with E-state index in [-0.39, 0.29) is 0 Å². The van der Waals surface area contributed by atoms with Crippen molar-refractivity contribution in [1.82, 2.24) is 0 Å². The summed E-state index contributed by atoms with van der Waals surface area (Å²) in [6.45, 7) is 14.2. The van der Waals surface area contributed by atoms with Gasteiger partial charge in [-0.1, -0.05) is 193 Å². The maximum Gasteiger partial charge on any atom is -0.0320 e. The van der Waals surface area contributed by atoms with Crippen LogP contribution in [0.15, 0.2) is 11.1 Å². The summed E-state index contributed by atoms with van der Waals surface area (Å²) >= 11 is 0. The number of hydrogen-bond acceptors (Lipinski definition) is 0. The molecule has 0 N–H and O–H groups in total. The average molecular weight is 533 g/mol. The molecule has 0 amide bonds. The Labute approximate surface area is 244 Å². The Kier molecular flexibility index (Phi) is 29.5. The quantitative estimate of drug-likeness (QED) is 0.0637. The zero-order valence-corrected chi connectivity index (χ0v) is 28.0. The van der Waals surface area contributed by atoms with Crippen molar-refractivity contribution < 1.29 is 0 Å². The van der Waals surface area contributed by atoms with Gasteiger partial charge in [-0.25, -0.2) is 0 Å². The zero-order valence-electron chi connectivity index (χ0n) is 28.0. The first-order valence-electron chi connectivity index (χ1n) is 18.1. The van der Waals surface area contributed by atoms with Gasteiger partial charge in [-0.05, 0) is 51.4 Å². The summed E-state index contributed by atoms with van der Waals surface area (Å²) in [4.78, 5) is 0. The molecule has 0 bridgehead atoms. The Hall–Kier alpha value is -0.260. The number of unbranched alkanes of at least 4 members (excludes halogenated alkanes) is 22. The second-order valence-corrected chi connectivity index (χ2v) is 13.9. The van der Waals surface area contributed by atoms with E-state index in [0.29, 0.717) is 0 Å². The molecule has 0 aromatic carbocycles. The maximum absolute atomic E-state index is 2.40. The maximum atomic E-state index is 2.40. The summed E-state index contributed by atoms with van der Waals surface area (Å²) in [5, 5.41) is 0. The van der Waals surface area contributed by atoms with Crippen molar-refractivity contribution in [1.29, 1.82) is 0 Å². The van der Waals surface area contributed by atoms with Gasteiger partial charge in [-0.2, -0.15) is 0 Å². The van der Waals surface area contributed by atoms with E-state index in [1.807, 2.05) is 0 Å². The Morgan fingerprint density at radius 3 is 0.684 bits per heavy atom.